The number of hydrogen-bond donors (Lipinski definition) is 4. The SMILES string of the molecule is Nc1ccc([N+](=O)[O-])cc1C(O)C(O)CO. The molecule has 0 saturated heterocycles. The van der Waals surface area contributed by atoms with E-state index in [0.29, 0.717) is 0 Å². The summed E-state index contributed by atoms with van der Waals surface area (Å²) in [5, 5.41) is 37.9. The second-order valence-electron chi connectivity index (χ2n) is 3.27. The van der Waals surface area contributed by atoms with Crippen molar-refractivity contribution < 1.29 is 20.2 Å². The van der Waals surface area contributed by atoms with Gasteiger partial charge in [-0.3, -0.25) is 10.1 Å². The monoisotopic (exact) mass is 228 g/mol. The van der Waals surface area contributed by atoms with Crippen molar-refractivity contribution in [2.75, 3.05) is 12.3 Å². The molecule has 1 aromatic carbocycles. The summed E-state index contributed by atoms with van der Waals surface area (Å²) in [7, 11) is 0. The van der Waals surface area contributed by atoms with E-state index in [9.17, 15) is 20.3 Å². The van der Waals surface area contributed by atoms with Gasteiger partial charge in [-0.25, -0.2) is 0 Å². The quantitative estimate of drug-likeness (QED) is 0.314. The summed E-state index contributed by atoms with van der Waals surface area (Å²) in [5.74, 6) is 0. The van der Waals surface area contributed by atoms with Gasteiger partial charge in [-0.15, -0.1) is 0 Å². The Morgan fingerprint density at radius 3 is 2.56 bits per heavy atom. The molecule has 2 atom stereocenters. The number of rotatable bonds is 4. The Labute approximate surface area is 90.9 Å². The van der Waals surface area contributed by atoms with Gasteiger partial charge in [-0.1, -0.05) is 0 Å². The van der Waals surface area contributed by atoms with E-state index in [-0.39, 0.29) is 16.9 Å². The average Bonchev–Trinajstić information content (AvgIpc) is 2.27. The van der Waals surface area contributed by atoms with Crippen molar-refractivity contribution in [3.8, 4) is 0 Å². The van der Waals surface area contributed by atoms with Crippen molar-refractivity contribution in [1.29, 1.82) is 0 Å². The highest BCUT2D eigenvalue weighted by Crippen LogP contribution is 2.27. The number of aliphatic hydroxyl groups excluding tert-OH is 3. The number of nitro groups is 1. The molecule has 7 heteroatoms. The van der Waals surface area contributed by atoms with E-state index in [4.69, 9.17) is 10.8 Å². The van der Waals surface area contributed by atoms with Crippen LogP contribution in [-0.4, -0.2) is 33.0 Å². The van der Waals surface area contributed by atoms with Crippen molar-refractivity contribution in [2.24, 2.45) is 0 Å². The number of aliphatic hydroxyl groups is 3. The highest BCUT2D eigenvalue weighted by molar-refractivity contribution is 5.53. The predicted molar refractivity (Wildman–Crippen MR) is 55.6 cm³/mol. The Hall–Kier alpha value is -1.70. The maximum Gasteiger partial charge on any atom is 0.269 e. The van der Waals surface area contributed by atoms with Gasteiger partial charge in [0.15, 0.2) is 0 Å². The molecule has 0 spiro atoms. The van der Waals surface area contributed by atoms with Crippen molar-refractivity contribution in [2.45, 2.75) is 12.2 Å². The number of nitro benzene ring substituents is 1. The molecule has 5 N–H and O–H groups in total. The van der Waals surface area contributed by atoms with Crippen LogP contribution in [0.25, 0.3) is 0 Å². The maximum atomic E-state index is 10.5. The number of anilines is 1. The zero-order valence-electron chi connectivity index (χ0n) is 8.28. The Bertz CT molecular complexity index is 395. The number of nitrogens with two attached hydrogens (primary N) is 1. The van der Waals surface area contributed by atoms with Crippen molar-refractivity contribution in [3.63, 3.8) is 0 Å². The van der Waals surface area contributed by atoms with Gasteiger partial charge in [0.2, 0.25) is 0 Å². The van der Waals surface area contributed by atoms with Gasteiger partial charge in [0.05, 0.1) is 11.5 Å². The minimum Gasteiger partial charge on any atom is -0.398 e. The number of non-ortho nitro benzene ring substituents is 1. The lowest BCUT2D eigenvalue weighted by Gasteiger charge is -2.17. The summed E-state index contributed by atoms with van der Waals surface area (Å²) in [5.41, 5.74) is 5.41. The van der Waals surface area contributed by atoms with Gasteiger partial charge >= 0.3 is 0 Å². The van der Waals surface area contributed by atoms with Crippen molar-refractivity contribution >= 4 is 11.4 Å². The second-order valence-corrected chi connectivity index (χ2v) is 3.27. The van der Waals surface area contributed by atoms with Crippen LogP contribution in [0.3, 0.4) is 0 Å². The van der Waals surface area contributed by atoms with Crippen LogP contribution < -0.4 is 5.73 Å². The molecule has 7 nitrogen and oxygen atoms in total. The van der Waals surface area contributed by atoms with E-state index in [2.05, 4.69) is 0 Å². The molecule has 0 radical (unpaired) electrons. The molecule has 1 aromatic rings. The second kappa shape index (κ2) is 4.88. The van der Waals surface area contributed by atoms with Gasteiger partial charge in [-0.05, 0) is 6.07 Å². The molecule has 0 bridgehead atoms. The molecule has 1 rings (SSSR count). The first-order valence-corrected chi connectivity index (χ1v) is 4.48. The van der Waals surface area contributed by atoms with E-state index < -0.39 is 23.7 Å². The standard InChI is InChI=1S/C9H12N2O5/c10-7-2-1-5(11(15)16)3-6(7)9(14)8(13)4-12/h1-3,8-9,12-14H,4,10H2. The number of benzene rings is 1. The van der Waals surface area contributed by atoms with Gasteiger partial charge in [0.1, 0.15) is 12.2 Å². The van der Waals surface area contributed by atoms with Crippen LogP contribution in [-0.2, 0) is 0 Å². The van der Waals surface area contributed by atoms with E-state index in [0.717, 1.165) is 6.07 Å². The van der Waals surface area contributed by atoms with Crippen LogP contribution in [0.15, 0.2) is 18.2 Å². The molecule has 0 aliphatic carbocycles. The molecule has 0 aliphatic heterocycles. The third-order valence-corrected chi connectivity index (χ3v) is 2.15. The largest absolute Gasteiger partial charge is 0.398 e. The fraction of sp³-hybridized carbons (Fsp3) is 0.333. The highest BCUT2D eigenvalue weighted by atomic mass is 16.6. The van der Waals surface area contributed by atoms with Gasteiger partial charge < -0.3 is 21.1 Å². The summed E-state index contributed by atoms with van der Waals surface area (Å²) >= 11 is 0. The summed E-state index contributed by atoms with van der Waals surface area (Å²) in [6.45, 7) is -0.663. The molecular formula is C9H12N2O5. The first-order valence-electron chi connectivity index (χ1n) is 4.48. The zero-order chi connectivity index (χ0) is 12.3. The maximum absolute atomic E-state index is 10.5. The normalized spacial score (nSPS) is 14.4. The summed E-state index contributed by atoms with van der Waals surface area (Å²) < 4.78 is 0. The summed E-state index contributed by atoms with van der Waals surface area (Å²) in [4.78, 5) is 9.86. The molecule has 0 amide bonds. The van der Waals surface area contributed by atoms with Crippen molar-refractivity contribution in [3.05, 3.63) is 33.9 Å². The molecular weight excluding hydrogens is 216 g/mol. The van der Waals surface area contributed by atoms with Crippen LogP contribution in [0, 0.1) is 10.1 Å². The predicted octanol–water partition coefficient (Wildman–Crippen LogP) is -0.436. The van der Waals surface area contributed by atoms with E-state index in [1.54, 1.807) is 0 Å². The first-order chi connectivity index (χ1) is 7.47. The lowest BCUT2D eigenvalue weighted by atomic mass is 10.0. The number of nitrogen functional groups attached to an aromatic ring is 1. The lowest BCUT2D eigenvalue weighted by molar-refractivity contribution is -0.385. The molecule has 0 aliphatic rings. The molecule has 88 valence electrons. The Morgan fingerprint density at radius 1 is 1.44 bits per heavy atom. The Morgan fingerprint density at radius 2 is 2.06 bits per heavy atom. The summed E-state index contributed by atoms with van der Waals surface area (Å²) in [6, 6.07) is 3.52. The zero-order valence-corrected chi connectivity index (χ0v) is 8.28. The smallest absolute Gasteiger partial charge is 0.269 e. The van der Waals surface area contributed by atoms with Crippen LogP contribution in [0.4, 0.5) is 11.4 Å². The average molecular weight is 228 g/mol. The minimum absolute atomic E-state index is 0.0238. The molecule has 0 saturated carbocycles. The van der Waals surface area contributed by atoms with Crippen LogP contribution in [0.5, 0.6) is 0 Å². The molecule has 16 heavy (non-hydrogen) atoms. The molecule has 0 fully saturated rings. The van der Waals surface area contributed by atoms with Crippen LogP contribution in [0.1, 0.15) is 11.7 Å². The third-order valence-electron chi connectivity index (χ3n) is 2.15. The summed E-state index contributed by atoms with van der Waals surface area (Å²) in [6.07, 6.45) is -2.88. The highest BCUT2D eigenvalue weighted by Gasteiger charge is 2.22. The number of nitrogens with zero attached hydrogens (tertiary/aromatic N) is 1. The first kappa shape index (κ1) is 12.4. The van der Waals surface area contributed by atoms with Crippen molar-refractivity contribution in [1.82, 2.24) is 0 Å². The fourth-order valence-electron chi connectivity index (χ4n) is 1.24. The molecule has 0 heterocycles. The van der Waals surface area contributed by atoms with Gasteiger partial charge in [0, 0.05) is 23.4 Å². The third kappa shape index (κ3) is 2.45. The van der Waals surface area contributed by atoms with E-state index >= 15 is 0 Å². The molecule has 2 unspecified atom stereocenters. The lowest BCUT2D eigenvalue weighted by Crippen LogP contribution is -2.23. The van der Waals surface area contributed by atoms with Crippen LogP contribution in [0.2, 0.25) is 0 Å². The minimum atomic E-state index is -1.45. The van der Waals surface area contributed by atoms with E-state index in [1.807, 2.05) is 0 Å². The van der Waals surface area contributed by atoms with Crippen LogP contribution >= 0.6 is 0 Å². The van der Waals surface area contributed by atoms with Gasteiger partial charge in [-0.2, -0.15) is 0 Å². The number of hydrogen-bond acceptors (Lipinski definition) is 6. The Kier molecular flexibility index (Phi) is 3.78. The Balaban J connectivity index is 3.11. The topological polar surface area (TPSA) is 130 Å². The van der Waals surface area contributed by atoms with E-state index in [1.165, 1.54) is 12.1 Å². The van der Waals surface area contributed by atoms with Gasteiger partial charge in [0.25, 0.3) is 5.69 Å². The molecule has 0 aromatic heterocycles. The fourth-order valence-corrected chi connectivity index (χ4v) is 1.24.